The largest absolute Gasteiger partial charge is 0.481 e. The van der Waals surface area contributed by atoms with Crippen LogP contribution in [-0.2, 0) is 32.0 Å². The van der Waals surface area contributed by atoms with Crippen molar-refractivity contribution in [3.63, 3.8) is 0 Å². The fourth-order valence-corrected chi connectivity index (χ4v) is 4.71. The van der Waals surface area contributed by atoms with Crippen LogP contribution in [0.3, 0.4) is 0 Å². The molecule has 3 atom stereocenters. The Balaban J connectivity index is 1.65. The number of carbonyl (C=O) groups excluding carboxylic acids is 3. The Morgan fingerprint density at radius 3 is 2.23 bits per heavy atom. The Labute approximate surface area is 258 Å². The molecule has 0 unspecified atom stereocenters. The van der Waals surface area contributed by atoms with Crippen molar-refractivity contribution in [2.45, 2.75) is 89.4 Å². The molecule has 10 nitrogen and oxygen atoms in total. The van der Waals surface area contributed by atoms with Gasteiger partial charge in [0.25, 0.3) is 0 Å². The maximum Gasteiger partial charge on any atom is 0.407 e. The second-order valence-electron chi connectivity index (χ2n) is 12.3. The minimum Gasteiger partial charge on any atom is -0.481 e. The highest BCUT2D eigenvalue weighted by Crippen LogP contribution is 2.33. The third kappa shape index (κ3) is 13.5. The van der Waals surface area contributed by atoms with Gasteiger partial charge < -0.3 is 31.1 Å². The standard InChI is InChI=1S/C33H45FN4O6/c1-33(2,3)44-32(43)37-26(19-23-7-5-4-6-8-23)21-36-28(20-24-9-10-24)31(42)38-27(15-16-29(39)40)30(41)35-18-17-22-11-13-25(34)14-12-22/h4-8,11-14,24,26-28,36H,9-10,15-21H2,1-3H3,(H,35,41)(H,37,43)(H,38,42)(H,39,40)/t26-,27-,28-/m0/s1. The normalized spacial score (nSPS) is 15.0. The lowest BCUT2D eigenvalue weighted by Crippen LogP contribution is -2.55. The van der Waals surface area contributed by atoms with Gasteiger partial charge in [-0.25, -0.2) is 9.18 Å². The van der Waals surface area contributed by atoms with Gasteiger partial charge in [0.2, 0.25) is 11.8 Å². The van der Waals surface area contributed by atoms with Crippen LogP contribution in [0.4, 0.5) is 9.18 Å². The average Bonchev–Trinajstić information content (AvgIpc) is 3.77. The smallest absolute Gasteiger partial charge is 0.407 e. The number of hydrogen-bond donors (Lipinski definition) is 5. The molecule has 3 amide bonds. The summed E-state index contributed by atoms with van der Waals surface area (Å²) < 4.78 is 18.6. The zero-order valence-corrected chi connectivity index (χ0v) is 25.7. The van der Waals surface area contributed by atoms with E-state index in [1.165, 1.54) is 12.1 Å². The number of halogens is 1. The minimum atomic E-state index is -1.08. The zero-order chi connectivity index (χ0) is 32.1. The summed E-state index contributed by atoms with van der Waals surface area (Å²) in [6, 6.07) is 13.5. The molecule has 0 heterocycles. The van der Waals surface area contributed by atoms with Crippen molar-refractivity contribution in [3.05, 3.63) is 71.5 Å². The first kappa shape index (κ1) is 34.5. The van der Waals surface area contributed by atoms with Crippen LogP contribution < -0.4 is 21.3 Å². The van der Waals surface area contributed by atoms with Crippen LogP contribution in [0.5, 0.6) is 0 Å². The summed E-state index contributed by atoms with van der Waals surface area (Å²) in [5.41, 5.74) is 1.16. The van der Waals surface area contributed by atoms with E-state index in [2.05, 4.69) is 21.3 Å². The van der Waals surface area contributed by atoms with Gasteiger partial charge in [0, 0.05) is 25.6 Å². The molecular formula is C33H45FN4O6. The zero-order valence-electron chi connectivity index (χ0n) is 25.7. The molecule has 240 valence electrons. The molecule has 0 saturated heterocycles. The molecule has 3 rings (SSSR count). The van der Waals surface area contributed by atoms with E-state index >= 15 is 0 Å². The van der Waals surface area contributed by atoms with Gasteiger partial charge in [-0.05, 0) is 75.6 Å². The molecule has 1 aliphatic carbocycles. The van der Waals surface area contributed by atoms with Crippen LogP contribution in [0.25, 0.3) is 0 Å². The average molecular weight is 613 g/mol. The number of carboxylic acid groups (broad SMARTS) is 1. The summed E-state index contributed by atoms with van der Waals surface area (Å²) in [5.74, 6) is -1.95. The first-order chi connectivity index (χ1) is 20.9. The molecule has 11 heteroatoms. The van der Waals surface area contributed by atoms with Crippen LogP contribution in [0, 0.1) is 11.7 Å². The maximum atomic E-state index is 13.5. The number of benzene rings is 2. The van der Waals surface area contributed by atoms with Crippen molar-refractivity contribution in [2.75, 3.05) is 13.1 Å². The first-order valence-corrected chi connectivity index (χ1v) is 15.2. The Morgan fingerprint density at radius 1 is 0.932 bits per heavy atom. The Hall–Kier alpha value is -3.99. The van der Waals surface area contributed by atoms with Gasteiger partial charge >= 0.3 is 12.1 Å². The summed E-state index contributed by atoms with van der Waals surface area (Å²) in [7, 11) is 0. The van der Waals surface area contributed by atoms with E-state index in [4.69, 9.17) is 4.74 Å². The molecule has 5 N–H and O–H groups in total. The summed E-state index contributed by atoms with van der Waals surface area (Å²) in [5, 5.41) is 21.0. The SMILES string of the molecule is CC(C)(C)OC(=O)N[C@H](CN[C@@H](CC1CC1)C(=O)N[C@@H](CCC(=O)O)C(=O)NCCc1ccc(F)cc1)Cc1ccccc1. The van der Waals surface area contributed by atoms with Crippen LogP contribution >= 0.6 is 0 Å². The number of carboxylic acids is 1. The highest BCUT2D eigenvalue weighted by atomic mass is 19.1. The number of ether oxygens (including phenoxy) is 1. The molecule has 0 radical (unpaired) electrons. The van der Waals surface area contributed by atoms with E-state index in [0.717, 1.165) is 24.0 Å². The van der Waals surface area contributed by atoms with Gasteiger partial charge in [-0.3, -0.25) is 14.4 Å². The number of aliphatic carboxylic acids is 1. The number of amides is 3. The molecule has 1 fully saturated rings. The lowest BCUT2D eigenvalue weighted by molar-refractivity contribution is -0.138. The van der Waals surface area contributed by atoms with Crippen molar-refractivity contribution in [3.8, 4) is 0 Å². The Kier molecular flexibility index (Phi) is 13.1. The molecule has 0 aliphatic heterocycles. The quantitative estimate of drug-likeness (QED) is 0.183. The molecule has 2 aromatic carbocycles. The van der Waals surface area contributed by atoms with E-state index in [9.17, 15) is 28.7 Å². The minimum absolute atomic E-state index is 0.0730. The highest BCUT2D eigenvalue weighted by molar-refractivity contribution is 5.90. The van der Waals surface area contributed by atoms with Crippen molar-refractivity contribution in [1.82, 2.24) is 21.3 Å². The van der Waals surface area contributed by atoms with Crippen molar-refractivity contribution < 1.29 is 33.4 Å². The van der Waals surface area contributed by atoms with E-state index < -0.39 is 41.6 Å². The number of alkyl carbamates (subject to hydrolysis) is 1. The van der Waals surface area contributed by atoms with Gasteiger partial charge in [0.15, 0.2) is 0 Å². The number of hydrogen-bond acceptors (Lipinski definition) is 6. The monoisotopic (exact) mass is 612 g/mol. The van der Waals surface area contributed by atoms with Crippen LogP contribution in [0.15, 0.2) is 54.6 Å². The molecule has 0 bridgehead atoms. The lowest BCUT2D eigenvalue weighted by atomic mass is 10.0. The maximum absolute atomic E-state index is 13.5. The van der Waals surface area contributed by atoms with Crippen molar-refractivity contribution >= 4 is 23.9 Å². The third-order valence-corrected chi connectivity index (χ3v) is 7.14. The molecule has 44 heavy (non-hydrogen) atoms. The highest BCUT2D eigenvalue weighted by Gasteiger charge is 2.32. The summed E-state index contributed by atoms with van der Waals surface area (Å²) in [6.07, 6.45) is 2.58. The summed E-state index contributed by atoms with van der Waals surface area (Å²) in [6.45, 7) is 5.86. The predicted octanol–water partition coefficient (Wildman–Crippen LogP) is 3.73. The molecule has 0 aromatic heterocycles. The molecule has 0 spiro atoms. The fourth-order valence-electron chi connectivity index (χ4n) is 4.71. The Bertz CT molecular complexity index is 1230. The van der Waals surface area contributed by atoms with E-state index in [1.54, 1.807) is 32.9 Å². The summed E-state index contributed by atoms with van der Waals surface area (Å²) in [4.78, 5) is 50.5. The van der Waals surface area contributed by atoms with Crippen LogP contribution in [0.1, 0.15) is 64.0 Å². The van der Waals surface area contributed by atoms with Gasteiger partial charge in [-0.15, -0.1) is 0 Å². The third-order valence-electron chi connectivity index (χ3n) is 7.14. The molecule has 2 aromatic rings. The number of rotatable bonds is 17. The van der Waals surface area contributed by atoms with E-state index in [0.29, 0.717) is 25.2 Å². The second-order valence-corrected chi connectivity index (χ2v) is 12.3. The first-order valence-electron chi connectivity index (χ1n) is 15.2. The van der Waals surface area contributed by atoms with E-state index in [-0.39, 0.29) is 37.8 Å². The topological polar surface area (TPSA) is 146 Å². The van der Waals surface area contributed by atoms with Crippen LogP contribution in [0.2, 0.25) is 0 Å². The number of nitrogens with one attached hydrogen (secondary N) is 4. The van der Waals surface area contributed by atoms with Crippen molar-refractivity contribution in [2.24, 2.45) is 5.92 Å². The van der Waals surface area contributed by atoms with Gasteiger partial charge in [0.05, 0.1) is 6.04 Å². The second kappa shape index (κ2) is 16.7. The predicted molar refractivity (Wildman–Crippen MR) is 164 cm³/mol. The molecule has 1 aliphatic rings. The molecular weight excluding hydrogens is 567 g/mol. The van der Waals surface area contributed by atoms with Crippen LogP contribution in [-0.4, -0.2) is 65.8 Å². The van der Waals surface area contributed by atoms with Gasteiger partial charge in [-0.2, -0.15) is 0 Å². The lowest BCUT2D eigenvalue weighted by Gasteiger charge is -2.27. The van der Waals surface area contributed by atoms with Gasteiger partial charge in [0.1, 0.15) is 17.5 Å². The van der Waals surface area contributed by atoms with Crippen molar-refractivity contribution in [1.29, 1.82) is 0 Å². The fraction of sp³-hybridized carbons (Fsp3) is 0.515. The Morgan fingerprint density at radius 2 is 1.61 bits per heavy atom. The summed E-state index contributed by atoms with van der Waals surface area (Å²) >= 11 is 0. The molecule has 1 saturated carbocycles. The van der Waals surface area contributed by atoms with E-state index in [1.807, 2.05) is 30.3 Å². The number of carbonyl (C=O) groups is 4. The van der Waals surface area contributed by atoms with Gasteiger partial charge in [-0.1, -0.05) is 55.3 Å².